The first-order valence-electron chi connectivity index (χ1n) is 18.0. The summed E-state index contributed by atoms with van der Waals surface area (Å²) in [4.78, 5) is 11.7. The number of rotatable bonds is 7. The zero-order valence-corrected chi connectivity index (χ0v) is 17.2. The minimum absolute atomic E-state index is 0.0356. The van der Waals surface area contributed by atoms with Crippen molar-refractivity contribution in [3.05, 3.63) is 83.9 Å². The predicted molar refractivity (Wildman–Crippen MR) is 136 cm³/mol. The fourth-order valence-corrected chi connectivity index (χ4v) is 3.08. The largest absolute Gasteiger partial charge is 0.497 e. The van der Waals surface area contributed by atoms with Gasteiger partial charge in [0.15, 0.2) is 0 Å². The highest BCUT2D eigenvalue weighted by atomic mass is 16.5. The maximum Gasteiger partial charge on any atom is 0.216 e. The van der Waals surface area contributed by atoms with Gasteiger partial charge in [-0.05, 0) is 76.2 Å². The van der Waals surface area contributed by atoms with Gasteiger partial charge in [0.1, 0.15) is 11.5 Å². The molecule has 0 bridgehead atoms. The summed E-state index contributed by atoms with van der Waals surface area (Å²) in [5, 5.41) is 3.19. The molecule has 5 nitrogen and oxygen atoms in total. The molecule has 0 fully saturated rings. The molecule has 4 aromatic rings. The molecule has 0 saturated carbocycles. The van der Waals surface area contributed by atoms with Crippen molar-refractivity contribution in [3.63, 3.8) is 0 Å². The van der Waals surface area contributed by atoms with Crippen molar-refractivity contribution in [1.29, 1.82) is 0 Å². The summed E-state index contributed by atoms with van der Waals surface area (Å²) in [5.74, 6) is -1.66. The van der Waals surface area contributed by atoms with Crippen LogP contribution in [0.15, 0.2) is 72.8 Å². The summed E-state index contributed by atoms with van der Waals surface area (Å²) in [7, 11) is -5.35. The minimum atomic E-state index is -3.15. The molecule has 0 unspecified atom stereocenters. The average Bonchev–Trinajstić information content (AvgIpc) is 2.93. The summed E-state index contributed by atoms with van der Waals surface area (Å²) in [6.07, 6.45) is -5.31. The van der Waals surface area contributed by atoms with Crippen molar-refractivity contribution in [3.8, 4) is 11.5 Å². The Morgan fingerprint density at radius 2 is 1.45 bits per heavy atom. The van der Waals surface area contributed by atoms with Gasteiger partial charge in [0.05, 0.1) is 22.3 Å². The zero-order valence-electron chi connectivity index (χ0n) is 34.2. The molecule has 4 aromatic carbocycles. The lowest BCUT2D eigenvalue weighted by atomic mass is 10.0. The van der Waals surface area contributed by atoms with Crippen molar-refractivity contribution in [2.24, 2.45) is 5.73 Å². The molecule has 1 amide bonds. The summed E-state index contributed by atoms with van der Waals surface area (Å²) in [6.45, 7) is -8.82. The van der Waals surface area contributed by atoms with Gasteiger partial charge >= 0.3 is 0 Å². The number of nitrogens with two attached hydrogens (primary N) is 1. The van der Waals surface area contributed by atoms with E-state index in [1.807, 2.05) is 0 Å². The normalized spacial score (nSPS) is 20.9. The van der Waals surface area contributed by atoms with Crippen LogP contribution in [0.5, 0.6) is 11.5 Å². The first-order valence-corrected chi connectivity index (χ1v) is 9.52. The van der Waals surface area contributed by atoms with Crippen molar-refractivity contribution < 1.29 is 37.6 Å². The van der Waals surface area contributed by atoms with Crippen LogP contribution < -0.4 is 20.5 Å². The Hall–Kier alpha value is -3.57. The van der Waals surface area contributed by atoms with Crippen molar-refractivity contribution in [2.75, 3.05) is 27.1 Å². The lowest BCUT2D eigenvalue weighted by Gasteiger charge is -2.08. The Morgan fingerprint density at radius 1 is 0.879 bits per heavy atom. The molecule has 0 aliphatic rings. The number of carbonyl (C=O) groups is 1. The Balaban J connectivity index is 0.000000278. The van der Waals surface area contributed by atoms with Crippen LogP contribution in [0.4, 0.5) is 0 Å². The number of hydrogen-bond donors (Lipinski definition) is 2. The number of hydrogen-bond acceptors (Lipinski definition) is 4. The molecule has 0 aliphatic heterocycles. The molecule has 3 N–H and O–H groups in total. The lowest BCUT2D eigenvalue weighted by Crippen LogP contribution is -2.22. The van der Waals surface area contributed by atoms with Gasteiger partial charge in [-0.1, -0.05) is 48.5 Å². The quantitative estimate of drug-likeness (QED) is 0.411. The standard InChI is InChI=1S/C15H17NO2.C13H15NO/c1-11(17)16-9-8-13-5-3-4-12-6-7-14(18-2)10-15(12)13;1-15-12-6-5-10-3-2-4-11(7-8-14)13(10)9-12/h3-7,10H,8-9H2,1-2H3,(H,16,17);2-6,9H,7-8,14H2,1H3/i1D3,2D3,8D2,9D2;1D3,7D2,8D2. The number of nitrogens with one attached hydrogen (secondary N) is 1. The van der Waals surface area contributed by atoms with E-state index in [0.717, 1.165) is 0 Å². The molecule has 4 rings (SSSR count). The van der Waals surface area contributed by atoms with Crippen LogP contribution in [0.25, 0.3) is 21.5 Å². The van der Waals surface area contributed by atoms with Crippen molar-refractivity contribution >= 4 is 27.5 Å². The smallest absolute Gasteiger partial charge is 0.216 e. The fourth-order valence-electron chi connectivity index (χ4n) is 3.08. The molecule has 33 heavy (non-hydrogen) atoms. The first kappa shape index (κ1) is 10.1. The molecule has 0 aromatic heterocycles. The predicted octanol–water partition coefficient (Wildman–Crippen LogP) is 4.88. The van der Waals surface area contributed by atoms with Gasteiger partial charge in [0.25, 0.3) is 0 Å². The first-order chi connectivity index (χ1) is 22.5. The molecule has 0 radical (unpaired) electrons. The van der Waals surface area contributed by atoms with E-state index in [1.165, 1.54) is 48.5 Å². The molecule has 5 heteroatoms. The molecule has 0 atom stereocenters. The van der Waals surface area contributed by atoms with Gasteiger partial charge in [-0.3, -0.25) is 4.79 Å². The van der Waals surface area contributed by atoms with Gasteiger partial charge in [-0.25, -0.2) is 0 Å². The molecular formula is C28H32N2O3. The van der Waals surface area contributed by atoms with Crippen LogP contribution in [-0.2, 0) is 17.5 Å². The molecule has 0 heterocycles. The summed E-state index contributed by atoms with van der Waals surface area (Å²) in [5.41, 5.74) is 5.14. The lowest BCUT2D eigenvalue weighted by molar-refractivity contribution is -0.118. The highest BCUT2D eigenvalue weighted by Crippen LogP contribution is 2.25. The van der Waals surface area contributed by atoms with E-state index in [9.17, 15) is 4.79 Å². The van der Waals surface area contributed by atoms with Crippen LogP contribution in [-0.4, -0.2) is 33.0 Å². The Labute approximate surface area is 219 Å². The fraction of sp³-hybridized carbons (Fsp3) is 0.250. The van der Waals surface area contributed by atoms with Gasteiger partial charge in [0.2, 0.25) is 5.91 Å². The van der Waals surface area contributed by atoms with Crippen LogP contribution in [0.2, 0.25) is 0 Å². The third-order valence-electron chi connectivity index (χ3n) is 4.52. The summed E-state index contributed by atoms with van der Waals surface area (Å²) in [6, 6.07) is 17.6. The summed E-state index contributed by atoms with van der Waals surface area (Å²) >= 11 is 0. The van der Waals surface area contributed by atoms with E-state index >= 15 is 0 Å². The van der Waals surface area contributed by atoms with Gasteiger partial charge < -0.3 is 20.5 Å². The van der Waals surface area contributed by atoms with Gasteiger partial charge in [0, 0.05) is 28.4 Å². The number of ether oxygens (including phenoxy) is 2. The molecule has 0 saturated heterocycles. The Morgan fingerprint density at radius 3 is 1.97 bits per heavy atom. The Kier molecular flexibility index (Phi) is 3.65. The topological polar surface area (TPSA) is 73.6 Å². The highest BCUT2D eigenvalue weighted by Gasteiger charge is 2.03. The number of benzene rings is 4. The number of carbonyl (C=O) groups excluding carboxylic acids is 1. The number of amides is 1. The number of aryl methyl sites for hydroxylation is 2. The Bertz CT molecular complexity index is 1850. The second-order valence-electron chi connectivity index (χ2n) is 6.55. The second-order valence-corrected chi connectivity index (χ2v) is 6.55. The van der Waals surface area contributed by atoms with Crippen LogP contribution >= 0.6 is 0 Å². The van der Waals surface area contributed by atoms with Gasteiger partial charge in [-0.2, -0.15) is 0 Å². The maximum absolute atomic E-state index is 11.7. The van der Waals surface area contributed by atoms with E-state index in [-0.39, 0.29) is 28.0 Å². The zero-order chi connectivity index (χ0) is 38.3. The minimum Gasteiger partial charge on any atom is -0.497 e. The van der Waals surface area contributed by atoms with Crippen LogP contribution in [0.3, 0.4) is 0 Å². The van der Waals surface area contributed by atoms with Gasteiger partial charge in [-0.15, -0.1) is 0 Å². The maximum atomic E-state index is 11.7. The molecular weight excluding hydrogens is 412 g/mol. The third kappa shape index (κ3) is 6.46. The average molecular weight is 462 g/mol. The monoisotopic (exact) mass is 461 g/mol. The van der Waals surface area contributed by atoms with E-state index in [4.69, 9.17) is 38.5 Å². The summed E-state index contributed by atoms with van der Waals surface area (Å²) < 4.78 is 137. The molecule has 172 valence electrons. The second kappa shape index (κ2) is 11.9. The van der Waals surface area contributed by atoms with E-state index in [0.29, 0.717) is 16.2 Å². The number of methoxy groups -OCH3 is 2. The SMILES string of the molecule is [2H]C([2H])([2H])Oc1ccc2cccc(C([2H])([2H])C([2H])([2H])N)c2c1.[2H]C([2H])([2H])Oc1ccc2cccc(C([2H])([2H])C([2H])([2H])NC(=O)C([2H])([2H])[2H])c2c1. The van der Waals surface area contributed by atoms with Crippen molar-refractivity contribution in [2.45, 2.75) is 19.6 Å². The van der Waals surface area contributed by atoms with Crippen molar-refractivity contribution in [1.82, 2.24) is 5.32 Å². The third-order valence-corrected chi connectivity index (χ3v) is 4.52. The van der Waals surface area contributed by atoms with Crippen LogP contribution in [0.1, 0.15) is 41.3 Å². The molecule has 0 spiro atoms. The number of fused-ring (bicyclic) bond motifs is 2. The molecule has 0 aliphatic carbocycles. The highest BCUT2D eigenvalue weighted by molar-refractivity contribution is 5.88. The van der Waals surface area contributed by atoms with Crippen LogP contribution in [0, 0.1) is 0 Å². The van der Waals surface area contributed by atoms with E-state index < -0.39 is 52.6 Å². The van der Waals surface area contributed by atoms with E-state index in [1.54, 1.807) is 29.6 Å². The van der Waals surface area contributed by atoms with E-state index in [2.05, 4.69) is 0 Å².